The van der Waals surface area contributed by atoms with E-state index in [1.54, 1.807) is 17.0 Å². The van der Waals surface area contributed by atoms with Crippen molar-refractivity contribution >= 4 is 21.8 Å². The number of carbonyl (C=O) groups is 1. The number of phenols is 1. The number of benzene rings is 2. The lowest BCUT2D eigenvalue weighted by Gasteiger charge is -2.17. The molecule has 1 fully saturated rings. The van der Waals surface area contributed by atoms with E-state index in [9.17, 15) is 9.90 Å². The highest BCUT2D eigenvalue weighted by Gasteiger charge is 2.36. The van der Waals surface area contributed by atoms with Crippen molar-refractivity contribution in [3.8, 4) is 5.75 Å². The second kappa shape index (κ2) is 6.72. The van der Waals surface area contributed by atoms with Gasteiger partial charge in [-0.15, -0.1) is 0 Å². The first kappa shape index (κ1) is 16.0. The maximum atomic E-state index is 12.8. The summed E-state index contributed by atoms with van der Waals surface area (Å²) in [6, 6.07) is 15.1. The standard InChI is InChI=1S/C18H19BrN2O2/c19-14-6-7-17(22)15(8-14)18(23)21-10-13(9-20)16(11-21)12-4-2-1-3-5-12/h1-8,13,16,22H,9-11,20H2/t13-,16+/m1/s1. The topological polar surface area (TPSA) is 66.6 Å². The first-order valence-corrected chi connectivity index (χ1v) is 8.42. The van der Waals surface area contributed by atoms with Gasteiger partial charge in [0.05, 0.1) is 5.56 Å². The highest BCUT2D eigenvalue weighted by atomic mass is 79.9. The van der Waals surface area contributed by atoms with Gasteiger partial charge in [-0.3, -0.25) is 4.79 Å². The Morgan fingerprint density at radius 2 is 1.96 bits per heavy atom. The molecule has 1 amide bonds. The number of amides is 1. The maximum Gasteiger partial charge on any atom is 0.257 e. The Morgan fingerprint density at radius 1 is 1.22 bits per heavy atom. The summed E-state index contributed by atoms with van der Waals surface area (Å²) in [6.07, 6.45) is 0. The average molecular weight is 375 g/mol. The molecular formula is C18H19BrN2O2. The molecule has 4 nitrogen and oxygen atoms in total. The van der Waals surface area contributed by atoms with E-state index >= 15 is 0 Å². The van der Waals surface area contributed by atoms with Crippen LogP contribution in [0.5, 0.6) is 5.75 Å². The lowest BCUT2D eigenvalue weighted by molar-refractivity contribution is 0.0783. The van der Waals surface area contributed by atoms with Crippen LogP contribution in [0, 0.1) is 5.92 Å². The van der Waals surface area contributed by atoms with Crippen molar-refractivity contribution < 1.29 is 9.90 Å². The van der Waals surface area contributed by atoms with Gasteiger partial charge in [0.1, 0.15) is 5.75 Å². The van der Waals surface area contributed by atoms with E-state index in [-0.39, 0.29) is 23.5 Å². The molecule has 3 rings (SSSR count). The van der Waals surface area contributed by atoms with E-state index < -0.39 is 0 Å². The molecule has 5 heteroatoms. The number of hydrogen-bond donors (Lipinski definition) is 2. The van der Waals surface area contributed by atoms with Crippen LogP contribution in [-0.4, -0.2) is 35.5 Å². The Morgan fingerprint density at radius 3 is 2.65 bits per heavy atom. The Labute approximate surface area is 144 Å². The number of hydrogen-bond acceptors (Lipinski definition) is 3. The van der Waals surface area contributed by atoms with Crippen molar-refractivity contribution in [3.63, 3.8) is 0 Å². The van der Waals surface area contributed by atoms with Crippen LogP contribution >= 0.6 is 15.9 Å². The molecule has 0 radical (unpaired) electrons. The van der Waals surface area contributed by atoms with Gasteiger partial charge in [-0.2, -0.15) is 0 Å². The Bertz CT molecular complexity index is 705. The molecule has 2 aromatic rings. The first-order valence-electron chi connectivity index (χ1n) is 7.63. The molecule has 0 unspecified atom stereocenters. The molecular weight excluding hydrogens is 356 g/mol. The molecule has 0 aromatic heterocycles. The lowest BCUT2D eigenvalue weighted by Crippen LogP contribution is -2.29. The third-order valence-corrected chi connectivity index (χ3v) is 4.94. The minimum absolute atomic E-state index is 0.00524. The maximum absolute atomic E-state index is 12.8. The van der Waals surface area contributed by atoms with Crippen molar-refractivity contribution in [2.45, 2.75) is 5.92 Å². The molecule has 0 spiro atoms. The highest BCUT2D eigenvalue weighted by Crippen LogP contribution is 2.34. The van der Waals surface area contributed by atoms with E-state index in [1.807, 2.05) is 18.2 Å². The van der Waals surface area contributed by atoms with Crippen LogP contribution in [0.4, 0.5) is 0 Å². The van der Waals surface area contributed by atoms with E-state index in [1.165, 1.54) is 11.6 Å². The number of halogens is 1. The number of carbonyl (C=O) groups excluding carboxylic acids is 1. The van der Waals surface area contributed by atoms with Gasteiger partial charge in [-0.05, 0) is 36.2 Å². The van der Waals surface area contributed by atoms with Crippen molar-refractivity contribution in [1.29, 1.82) is 0 Å². The predicted molar refractivity (Wildman–Crippen MR) is 93.4 cm³/mol. The third kappa shape index (κ3) is 3.26. The zero-order chi connectivity index (χ0) is 16.4. The second-order valence-electron chi connectivity index (χ2n) is 5.88. The van der Waals surface area contributed by atoms with Crippen LogP contribution in [0.2, 0.25) is 0 Å². The van der Waals surface area contributed by atoms with Crippen LogP contribution in [0.15, 0.2) is 53.0 Å². The van der Waals surface area contributed by atoms with E-state index in [4.69, 9.17) is 5.73 Å². The van der Waals surface area contributed by atoms with E-state index in [0.717, 1.165) is 4.47 Å². The summed E-state index contributed by atoms with van der Waals surface area (Å²) in [5.74, 6) is 0.321. The fraction of sp³-hybridized carbons (Fsp3) is 0.278. The molecule has 1 aliphatic rings. The minimum atomic E-state index is -0.152. The molecule has 1 aliphatic heterocycles. The fourth-order valence-electron chi connectivity index (χ4n) is 3.20. The average Bonchev–Trinajstić information content (AvgIpc) is 3.01. The second-order valence-corrected chi connectivity index (χ2v) is 6.80. The Hall–Kier alpha value is -1.85. The molecule has 2 atom stereocenters. The summed E-state index contributed by atoms with van der Waals surface area (Å²) in [7, 11) is 0. The van der Waals surface area contributed by atoms with Crippen molar-refractivity contribution in [2.24, 2.45) is 11.7 Å². The predicted octanol–water partition coefficient (Wildman–Crippen LogP) is 2.97. The third-order valence-electron chi connectivity index (χ3n) is 4.45. The minimum Gasteiger partial charge on any atom is -0.507 e. The summed E-state index contributed by atoms with van der Waals surface area (Å²) < 4.78 is 0.771. The summed E-state index contributed by atoms with van der Waals surface area (Å²) >= 11 is 3.35. The zero-order valence-electron chi connectivity index (χ0n) is 12.7. The number of nitrogens with two attached hydrogens (primary N) is 1. The summed E-state index contributed by atoms with van der Waals surface area (Å²) in [6.45, 7) is 1.77. The van der Waals surface area contributed by atoms with E-state index in [0.29, 0.717) is 25.2 Å². The first-order chi connectivity index (χ1) is 11.1. The number of phenolic OH excluding ortho intramolecular Hbond substituents is 1. The van der Waals surface area contributed by atoms with Crippen LogP contribution < -0.4 is 5.73 Å². The molecule has 120 valence electrons. The molecule has 1 saturated heterocycles. The van der Waals surface area contributed by atoms with Gasteiger partial charge in [0.25, 0.3) is 5.91 Å². The summed E-state index contributed by atoms with van der Waals surface area (Å²) in [5, 5.41) is 9.98. The van der Waals surface area contributed by atoms with Gasteiger partial charge in [-0.1, -0.05) is 46.3 Å². The Balaban J connectivity index is 1.84. The quantitative estimate of drug-likeness (QED) is 0.867. The van der Waals surface area contributed by atoms with Gasteiger partial charge in [-0.25, -0.2) is 0 Å². The normalized spacial score (nSPS) is 20.7. The van der Waals surface area contributed by atoms with Gasteiger partial charge in [0.15, 0.2) is 0 Å². The lowest BCUT2D eigenvalue weighted by atomic mass is 9.89. The van der Waals surface area contributed by atoms with Crippen LogP contribution in [0.25, 0.3) is 0 Å². The van der Waals surface area contributed by atoms with E-state index in [2.05, 4.69) is 28.1 Å². The number of nitrogens with zero attached hydrogens (tertiary/aromatic N) is 1. The summed E-state index contributed by atoms with van der Waals surface area (Å²) in [4.78, 5) is 14.6. The van der Waals surface area contributed by atoms with Gasteiger partial charge in [0, 0.05) is 23.5 Å². The SMILES string of the molecule is NC[C@@H]1CN(C(=O)c2cc(Br)ccc2O)C[C@H]1c1ccccc1. The van der Waals surface area contributed by atoms with Crippen LogP contribution in [-0.2, 0) is 0 Å². The number of likely N-dealkylation sites (tertiary alicyclic amines) is 1. The van der Waals surface area contributed by atoms with Gasteiger partial charge in [0.2, 0.25) is 0 Å². The largest absolute Gasteiger partial charge is 0.507 e. The molecule has 1 heterocycles. The van der Waals surface area contributed by atoms with Gasteiger partial charge < -0.3 is 15.7 Å². The van der Waals surface area contributed by atoms with Gasteiger partial charge >= 0.3 is 0 Å². The number of rotatable bonds is 3. The summed E-state index contributed by atoms with van der Waals surface area (Å²) in [5.41, 5.74) is 7.45. The Kier molecular flexibility index (Phi) is 4.68. The van der Waals surface area contributed by atoms with Crippen LogP contribution in [0.3, 0.4) is 0 Å². The smallest absolute Gasteiger partial charge is 0.257 e. The molecule has 0 bridgehead atoms. The molecule has 23 heavy (non-hydrogen) atoms. The highest BCUT2D eigenvalue weighted by molar-refractivity contribution is 9.10. The van der Waals surface area contributed by atoms with Crippen molar-refractivity contribution in [2.75, 3.05) is 19.6 Å². The fourth-order valence-corrected chi connectivity index (χ4v) is 3.56. The monoisotopic (exact) mass is 374 g/mol. The van der Waals surface area contributed by atoms with Crippen molar-refractivity contribution in [3.05, 3.63) is 64.1 Å². The molecule has 2 aromatic carbocycles. The molecule has 0 aliphatic carbocycles. The molecule has 3 N–H and O–H groups in total. The number of aromatic hydroxyl groups is 1. The van der Waals surface area contributed by atoms with Crippen molar-refractivity contribution in [1.82, 2.24) is 4.90 Å². The molecule has 0 saturated carbocycles. The zero-order valence-corrected chi connectivity index (χ0v) is 14.2. The van der Waals surface area contributed by atoms with Crippen LogP contribution in [0.1, 0.15) is 21.8 Å².